The number of halogens is 2. The molecular weight excluding hydrogens is 443 g/mol. The normalized spacial score (nSPS) is 10.6. The number of aliphatic imine (C=N–C) groups is 1. The van der Waals surface area contributed by atoms with E-state index in [0.717, 1.165) is 21.3 Å². The van der Waals surface area contributed by atoms with Crippen molar-refractivity contribution in [2.24, 2.45) is 4.99 Å². The molecule has 1 aromatic carbocycles. The number of nitrogens with zero attached hydrogens (tertiary/aromatic N) is 2. The molecule has 122 valence electrons. The first-order chi connectivity index (χ1) is 10.6. The minimum absolute atomic E-state index is 0. The minimum Gasteiger partial charge on any atom is -0.350 e. The van der Waals surface area contributed by atoms with E-state index < -0.39 is 0 Å². The van der Waals surface area contributed by atoms with E-state index in [1.54, 1.807) is 18.4 Å². The largest absolute Gasteiger partial charge is 0.350 e. The molecule has 0 atom stereocenters. The van der Waals surface area contributed by atoms with E-state index in [-0.39, 0.29) is 24.0 Å². The Morgan fingerprint density at radius 1 is 1.35 bits per heavy atom. The number of guanidine groups is 1. The lowest BCUT2D eigenvalue weighted by Gasteiger charge is -2.07. The maximum atomic E-state index is 5.92. The van der Waals surface area contributed by atoms with Gasteiger partial charge in [-0.05, 0) is 19.1 Å². The lowest BCUT2D eigenvalue weighted by atomic mass is 10.1. The summed E-state index contributed by atoms with van der Waals surface area (Å²) in [5, 5.41) is 7.92. The number of aryl methyl sites for hydroxylation is 1. The average Bonchev–Trinajstić information content (AvgIpc) is 2.89. The first-order valence-corrected chi connectivity index (χ1v) is 7.93. The molecule has 1 aromatic heterocycles. The van der Waals surface area contributed by atoms with Crippen molar-refractivity contribution < 1.29 is 0 Å². The Hall–Kier alpha value is -1.30. The first kappa shape index (κ1) is 19.7. The van der Waals surface area contributed by atoms with Crippen LogP contribution in [0, 0.1) is 19.3 Å². The first-order valence-electron chi connectivity index (χ1n) is 6.74. The topological polar surface area (TPSA) is 49.3 Å². The Kier molecular flexibility index (Phi) is 8.37. The molecule has 0 spiro atoms. The van der Waals surface area contributed by atoms with Gasteiger partial charge in [0.15, 0.2) is 5.96 Å². The summed E-state index contributed by atoms with van der Waals surface area (Å²) in [6.45, 7) is 3.10. The zero-order valence-electron chi connectivity index (χ0n) is 12.9. The summed E-state index contributed by atoms with van der Waals surface area (Å²) in [4.78, 5) is 9.96. The molecular formula is C16H18ClIN4S. The molecule has 0 aliphatic heterocycles. The van der Waals surface area contributed by atoms with Crippen LogP contribution < -0.4 is 10.6 Å². The number of hydrogen-bond acceptors (Lipinski definition) is 3. The van der Waals surface area contributed by atoms with Crippen molar-refractivity contribution in [2.45, 2.75) is 13.5 Å². The van der Waals surface area contributed by atoms with E-state index in [9.17, 15) is 0 Å². The molecule has 0 saturated heterocycles. The summed E-state index contributed by atoms with van der Waals surface area (Å²) in [5.74, 6) is 3.18. The average molecular weight is 461 g/mol. The highest BCUT2D eigenvalue weighted by molar-refractivity contribution is 14.0. The summed E-state index contributed by atoms with van der Waals surface area (Å²) in [7, 11) is 1.71. The molecule has 1 heterocycles. The van der Waals surface area contributed by atoms with Crippen molar-refractivity contribution in [1.82, 2.24) is 15.6 Å². The van der Waals surface area contributed by atoms with Crippen molar-refractivity contribution >= 4 is 52.9 Å². The van der Waals surface area contributed by atoms with Gasteiger partial charge in [-0.15, -0.1) is 41.7 Å². The molecule has 0 bridgehead atoms. The van der Waals surface area contributed by atoms with Gasteiger partial charge in [0.1, 0.15) is 5.01 Å². The van der Waals surface area contributed by atoms with Crippen molar-refractivity contribution in [2.75, 3.05) is 13.6 Å². The van der Waals surface area contributed by atoms with Crippen molar-refractivity contribution in [3.63, 3.8) is 0 Å². The van der Waals surface area contributed by atoms with E-state index >= 15 is 0 Å². The number of nitrogens with one attached hydrogen (secondary N) is 2. The number of benzene rings is 1. The SMILES string of the molecule is C#CCNC(=NC)NCc1nc(-c2ccc(Cl)cc2)c(C)s1.I. The second-order valence-electron chi connectivity index (χ2n) is 4.50. The second kappa shape index (κ2) is 9.75. The molecule has 23 heavy (non-hydrogen) atoms. The summed E-state index contributed by atoms with van der Waals surface area (Å²) >= 11 is 7.58. The molecule has 2 rings (SSSR count). The van der Waals surface area contributed by atoms with E-state index in [2.05, 4.69) is 33.5 Å². The Balaban J connectivity index is 0.00000264. The molecule has 0 fully saturated rings. The fourth-order valence-electron chi connectivity index (χ4n) is 1.92. The summed E-state index contributed by atoms with van der Waals surface area (Å²) in [5.41, 5.74) is 2.06. The van der Waals surface area contributed by atoms with Gasteiger partial charge in [0.25, 0.3) is 0 Å². The highest BCUT2D eigenvalue weighted by Crippen LogP contribution is 2.28. The summed E-state index contributed by atoms with van der Waals surface area (Å²) in [6, 6.07) is 7.71. The van der Waals surface area contributed by atoms with Gasteiger partial charge >= 0.3 is 0 Å². The van der Waals surface area contributed by atoms with Crippen LogP contribution in [0.4, 0.5) is 0 Å². The van der Waals surface area contributed by atoms with E-state index in [1.165, 1.54) is 4.88 Å². The number of hydrogen-bond donors (Lipinski definition) is 2. The van der Waals surface area contributed by atoms with E-state index in [0.29, 0.717) is 19.0 Å². The van der Waals surface area contributed by atoms with Crippen LogP contribution in [-0.2, 0) is 6.54 Å². The molecule has 2 aromatic rings. The van der Waals surface area contributed by atoms with Crippen molar-refractivity contribution in [1.29, 1.82) is 0 Å². The van der Waals surface area contributed by atoms with Crippen molar-refractivity contribution in [3.05, 3.63) is 39.2 Å². The third-order valence-electron chi connectivity index (χ3n) is 2.95. The van der Waals surface area contributed by atoms with Crippen LogP contribution >= 0.6 is 46.9 Å². The molecule has 0 radical (unpaired) electrons. The monoisotopic (exact) mass is 460 g/mol. The number of aromatic nitrogens is 1. The number of thiazole rings is 1. The van der Waals surface area contributed by atoms with Crippen LogP contribution in [0.1, 0.15) is 9.88 Å². The highest BCUT2D eigenvalue weighted by atomic mass is 127. The Labute approximate surface area is 162 Å². The van der Waals surface area contributed by atoms with Gasteiger partial charge in [-0.25, -0.2) is 4.98 Å². The molecule has 0 unspecified atom stereocenters. The van der Waals surface area contributed by atoms with Gasteiger partial charge in [0, 0.05) is 22.5 Å². The van der Waals surface area contributed by atoms with E-state index in [4.69, 9.17) is 18.0 Å². The van der Waals surface area contributed by atoms with Gasteiger partial charge in [-0.3, -0.25) is 4.99 Å². The third kappa shape index (κ3) is 5.68. The van der Waals surface area contributed by atoms with Gasteiger partial charge < -0.3 is 10.6 Å². The minimum atomic E-state index is 0. The predicted molar refractivity (Wildman–Crippen MR) is 110 cm³/mol. The fraction of sp³-hybridized carbons (Fsp3) is 0.250. The molecule has 0 saturated carbocycles. The molecule has 4 nitrogen and oxygen atoms in total. The van der Waals surface area contributed by atoms with Gasteiger partial charge in [-0.2, -0.15) is 0 Å². The maximum absolute atomic E-state index is 5.92. The van der Waals surface area contributed by atoms with Gasteiger partial charge in [-0.1, -0.05) is 29.7 Å². The molecule has 2 N–H and O–H groups in total. The maximum Gasteiger partial charge on any atom is 0.192 e. The fourth-order valence-corrected chi connectivity index (χ4v) is 2.94. The molecule has 7 heteroatoms. The highest BCUT2D eigenvalue weighted by Gasteiger charge is 2.10. The number of rotatable bonds is 4. The van der Waals surface area contributed by atoms with Crippen molar-refractivity contribution in [3.8, 4) is 23.6 Å². The van der Waals surface area contributed by atoms with Crippen LogP contribution in [0.25, 0.3) is 11.3 Å². The smallest absolute Gasteiger partial charge is 0.192 e. The Morgan fingerprint density at radius 2 is 2.04 bits per heavy atom. The summed E-state index contributed by atoms with van der Waals surface area (Å²) < 4.78 is 0. The molecule has 0 amide bonds. The van der Waals surface area contributed by atoms with Crippen LogP contribution in [0.15, 0.2) is 29.3 Å². The van der Waals surface area contributed by atoms with Gasteiger partial charge in [0.2, 0.25) is 0 Å². The van der Waals surface area contributed by atoms with Crippen LogP contribution in [-0.4, -0.2) is 24.5 Å². The van der Waals surface area contributed by atoms with Crippen LogP contribution in [0.5, 0.6) is 0 Å². The van der Waals surface area contributed by atoms with Gasteiger partial charge in [0.05, 0.1) is 18.8 Å². The Bertz CT molecular complexity index is 704. The summed E-state index contributed by atoms with van der Waals surface area (Å²) in [6.07, 6.45) is 5.22. The standard InChI is InChI=1S/C16H17ClN4S.HI/c1-4-9-19-16(18-3)20-10-14-21-15(11(2)22-14)12-5-7-13(17)8-6-12;/h1,5-8H,9-10H2,2-3H3,(H2,18,19,20);1H. The van der Waals surface area contributed by atoms with Crippen LogP contribution in [0.2, 0.25) is 5.02 Å². The zero-order chi connectivity index (χ0) is 15.9. The lowest BCUT2D eigenvalue weighted by molar-refractivity contribution is 0.844. The Morgan fingerprint density at radius 3 is 2.65 bits per heavy atom. The lowest BCUT2D eigenvalue weighted by Crippen LogP contribution is -2.36. The number of terminal acetylenes is 1. The zero-order valence-corrected chi connectivity index (χ0v) is 16.8. The second-order valence-corrected chi connectivity index (χ2v) is 6.23. The van der Waals surface area contributed by atoms with Crippen LogP contribution in [0.3, 0.4) is 0 Å². The molecule has 0 aliphatic rings. The quantitative estimate of drug-likeness (QED) is 0.317. The predicted octanol–water partition coefficient (Wildman–Crippen LogP) is 3.69. The van der Waals surface area contributed by atoms with E-state index in [1.807, 2.05) is 24.3 Å². The molecule has 0 aliphatic carbocycles. The third-order valence-corrected chi connectivity index (χ3v) is 4.17.